The monoisotopic (exact) mass is 353 g/mol. The molecule has 3 aromatic heterocycles. The summed E-state index contributed by atoms with van der Waals surface area (Å²) in [6.45, 7) is 4.89. The van der Waals surface area contributed by atoms with E-state index in [2.05, 4.69) is 30.0 Å². The van der Waals surface area contributed by atoms with Crippen molar-refractivity contribution in [2.24, 2.45) is 0 Å². The van der Waals surface area contributed by atoms with Gasteiger partial charge in [0.25, 0.3) is 0 Å². The maximum absolute atomic E-state index is 12.3. The number of piperazine rings is 1. The lowest BCUT2D eigenvalue weighted by molar-refractivity contribution is -0.132. The second-order valence-corrected chi connectivity index (χ2v) is 6.10. The van der Waals surface area contributed by atoms with Crippen molar-refractivity contribution in [3.63, 3.8) is 0 Å². The van der Waals surface area contributed by atoms with Gasteiger partial charge in [-0.15, -0.1) is 0 Å². The summed E-state index contributed by atoms with van der Waals surface area (Å²) in [7, 11) is 0. The van der Waals surface area contributed by atoms with E-state index in [1.165, 1.54) is 11.0 Å². The summed E-state index contributed by atoms with van der Waals surface area (Å²) in [5.74, 6) is 1.62. The molecule has 10 heteroatoms. The number of nitrogens with zero attached hydrogens (tertiary/aromatic N) is 9. The van der Waals surface area contributed by atoms with Crippen molar-refractivity contribution in [3.8, 4) is 5.82 Å². The molecule has 1 amide bonds. The van der Waals surface area contributed by atoms with Gasteiger partial charge in [-0.2, -0.15) is 10.2 Å². The molecule has 10 nitrogen and oxygen atoms in total. The molecule has 0 saturated carbocycles. The molecule has 0 radical (unpaired) electrons. The lowest BCUT2D eigenvalue weighted by Crippen LogP contribution is -2.49. The van der Waals surface area contributed by atoms with E-state index in [9.17, 15) is 4.79 Å². The van der Waals surface area contributed by atoms with Gasteiger partial charge >= 0.3 is 0 Å². The lowest BCUT2D eigenvalue weighted by Gasteiger charge is -2.35. The largest absolute Gasteiger partial charge is 0.353 e. The SMILES string of the molecule is Cc1ccn(-c2cc(N3CCN(C(=O)Cn4cncn4)CC3)ncn2)n1. The zero-order chi connectivity index (χ0) is 17.9. The highest BCUT2D eigenvalue weighted by Crippen LogP contribution is 2.16. The maximum atomic E-state index is 12.3. The van der Waals surface area contributed by atoms with E-state index in [1.54, 1.807) is 17.3 Å². The Hall–Kier alpha value is -3.30. The van der Waals surface area contributed by atoms with Gasteiger partial charge in [-0.1, -0.05) is 0 Å². The molecule has 1 fully saturated rings. The minimum Gasteiger partial charge on any atom is -0.353 e. The third-order valence-electron chi connectivity index (χ3n) is 4.32. The Morgan fingerprint density at radius 1 is 1.12 bits per heavy atom. The Morgan fingerprint density at radius 3 is 2.62 bits per heavy atom. The number of carbonyl (C=O) groups is 1. The van der Waals surface area contributed by atoms with Crippen molar-refractivity contribution >= 4 is 11.7 Å². The van der Waals surface area contributed by atoms with Crippen LogP contribution in [-0.4, -0.2) is 71.5 Å². The predicted molar refractivity (Wildman–Crippen MR) is 92.7 cm³/mol. The van der Waals surface area contributed by atoms with Crippen molar-refractivity contribution in [3.05, 3.63) is 43.0 Å². The van der Waals surface area contributed by atoms with Crippen LogP contribution in [0.5, 0.6) is 0 Å². The second-order valence-electron chi connectivity index (χ2n) is 6.10. The minimum absolute atomic E-state index is 0.0468. The molecule has 0 aliphatic carbocycles. The molecule has 0 N–H and O–H groups in total. The van der Waals surface area contributed by atoms with Crippen LogP contribution in [0.1, 0.15) is 5.69 Å². The van der Waals surface area contributed by atoms with Gasteiger partial charge in [0.15, 0.2) is 5.82 Å². The average Bonchev–Trinajstić information content (AvgIpc) is 3.34. The van der Waals surface area contributed by atoms with Crippen molar-refractivity contribution in [2.75, 3.05) is 31.1 Å². The Balaban J connectivity index is 1.39. The number of aryl methyl sites for hydroxylation is 1. The summed E-state index contributed by atoms with van der Waals surface area (Å²) < 4.78 is 3.27. The van der Waals surface area contributed by atoms with Crippen LogP contribution in [0.4, 0.5) is 5.82 Å². The van der Waals surface area contributed by atoms with Crippen LogP contribution in [0, 0.1) is 6.92 Å². The summed E-state index contributed by atoms with van der Waals surface area (Å²) in [5, 5.41) is 8.36. The van der Waals surface area contributed by atoms with Crippen LogP contribution >= 0.6 is 0 Å². The van der Waals surface area contributed by atoms with Gasteiger partial charge in [-0.25, -0.2) is 24.3 Å². The summed E-state index contributed by atoms with van der Waals surface area (Å²) >= 11 is 0. The second kappa shape index (κ2) is 6.90. The van der Waals surface area contributed by atoms with Crippen molar-refractivity contribution in [1.82, 2.24) is 39.4 Å². The quantitative estimate of drug-likeness (QED) is 0.646. The molecule has 4 rings (SSSR count). The van der Waals surface area contributed by atoms with E-state index in [0.717, 1.165) is 30.4 Å². The summed E-state index contributed by atoms with van der Waals surface area (Å²) in [6.07, 6.45) is 6.40. The molecular formula is C16H19N9O. The molecule has 3 aromatic rings. The third kappa shape index (κ3) is 3.39. The van der Waals surface area contributed by atoms with E-state index in [4.69, 9.17) is 0 Å². The maximum Gasteiger partial charge on any atom is 0.244 e. The summed E-state index contributed by atoms with van der Waals surface area (Å²) in [4.78, 5) is 28.8. The number of hydrogen-bond donors (Lipinski definition) is 0. The molecule has 0 spiro atoms. The first-order valence-electron chi connectivity index (χ1n) is 8.39. The van der Waals surface area contributed by atoms with Gasteiger partial charge in [-0.3, -0.25) is 4.79 Å². The van der Waals surface area contributed by atoms with Crippen LogP contribution in [0.2, 0.25) is 0 Å². The fourth-order valence-corrected chi connectivity index (χ4v) is 2.92. The first kappa shape index (κ1) is 16.2. The number of hydrogen-bond acceptors (Lipinski definition) is 7. The van der Waals surface area contributed by atoms with Gasteiger partial charge in [0, 0.05) is 38.4 Å². The van der Waals surface area contributed by atoms with E-state index in [0.29, 0.717) is 13.1 Å². The topological polar surface area (TPSA) is 97.9 Å². The molecular weight excluding hydrogens is 334 g/mol. The van der Waals surface area contributed by atoms with Crippen LogP contribution < -0.4 is 4.90 Å². The Morgan fingerprint density at radius 2 is 1.92 bits per heavy atom. The summed E-state index contributed by atoms with van der Waals surface area (Å²) in [5.41, 5.74) is 0.935. The van der Waals surface area contributed by atoms with Gasteiger partial charge in [0.05, 0.1) is 5.69 Å². The van der Waals surface area contributed by atoms with Crippen molar-refractivity contribution in [1.29, 1.82) is 0 Å². The molecule has 134 valence electrons. The van der Waals surface area contributed by atoms with E-state index >= 15 is 0 Å². The Kier molecular flexibility index (Phi) is 4.30. The number of anilines is 1. The molecule has 26 heavy (non-hydrogen) atoms. The van der Waals surface area contributed by atoms with Gasteiger partial charge < -0.3 is 9.80 Å². The lowest BCUT2D eigenvalue weighted by atomic mass is 10.3. The first-order chi connectivity index (χ1) is 12.7. The van der Waals surface area contributed by atoms with Gasteiger partial charge in [0.2, 0.25) is 5.91 Å². The highest BCUT2D eigenvalue weighted by atomic mass is 16.2. The van der Waals surface area contributed by atoms with Gasteiger partial charge in [-0.05, 0) is 13.0 Å². The van der Waals surface area contributed by atoms with Crippen molar-refractivity contribution < 1.29 is 4.79 Å². The Bertz CT molecular complexity index is 881. The van der Waals surface area contributed by atoms with E-state index in [1.807, 2.05) is 30.2 Å². The molecule has 4 heterocycles. The molecule has 0 bridgehead atoms. The van der Waals surface area contributed by atoms with Crippen LogP contribution in [0.15, 0.2) is 37.3 Å². The van der Waals surface area contributed by atoms with E-state index < -0.39 is 0 Å². The van der Waals surface area contributed by atoms with Crippen LogP contribution in [-0.2, 0) is 11.3 Å². The first-order valence-corrected chi connectivity index (χ1v) is 8.39. The number of rotatable bonds is 4. The molecule has 0 atom stereocenters. The van der Waals surface area contributed by atoms with Crippen LogP contribution in [0.3, 0.4) is 0 Å². The smallest absolute Gasteiger partial charge is 0.244 e. The molecule has 1 saturated heterocycles. The van der Waals surface area contributed by atoms with Crippen LogP contribution in [0.25, 0.3) is 5.82 Å². The molecule has 0 unspecified atom stereocenters. The molecule has 1 aliphatic rings. The zero-order valence-electron chi connectivity index (χ0n) is 14.4. The highest BCUT2D eigenvalue weighted by Gasteiger charge is 2.22. The third-order valence-corrected chi connectivity index (χ3v) is 4.32. The van der Waals surface area contributed by atoms with Gasteiger partial charge in [0.1, 0.15) is 31.3 Å². The zero-order valence-corrected chi connectivity index (χ0v) is 14.4. The number of aromatic nitrogens is 7. The average molecular weight is 353 g/mol. The minimum atomic E-state index is 0.0468. The highest BCUT2D eigenvalue weighted by molar-refractivity contribution is 5.76. The molecule has 1 aliphatic heterocycles. The van der Waals surface area contributed by atoms with E-state index in [-0.39, 0.29) is 12.5 Å². The standard InChI is InChI=1S/C16H19N9O/c1-13-2-3-25(21-13)15-8-14(18-11-19-15)22-4-6-23(7-5-22)16(26)9-24-12-17-10-20-24/h2-3,8,10-12H,4-7,9H2,1H3. The molecule has 0 aromatic carbocycles. The number of amides is 1. The number of carbonyl (C=O) groups excluding carboxylic acids is 1. The predicted octanol–water partition coefficient (Wildman–Crippen LogP) is -0.0890. The Labute approximate surface area is 150 Å². The fourth-order valence-electron chi connectivity index (χ4n) is 2.92. The van der Waals surface area contributed by atoms with Crippen molar-refractivity contribution in [2.45, 2.75) is 13.5 Å². The normalized spacial score (nSPS) is 14.7. The fraction of sp³-hybridized carbons (Fsp3) is 0.375. The summed E-state index contributed by atoms with van der Waals surface area (Å²) in [6, 6.07) is 3.85.